The van der Waals surface area contributed by atoms with E-state index in [0.717, 1.165) is 23.6 Å². The Morgan fingerprint density at radius 1 is 1.30 bits per heavy atom. The molecule has 4 bridgehead atoms. The van der Waals surface area contributed by atoms with Crippen LogP contribution < -0.4 is 4.74 Å². The number of methoxy groups -OCH3 is 1. The molecular formula is C20H26N2O. The predicted octanol–water partition coefficient (Wildman–Crippen LogP) is 3.94. The number of fused-ring (bicyclic) bond motifs is 4. The number of nitrogens with zero attached hydrogens (tertiary/aromatic N) is 1. The second kappa shape index (κ2) is 5.01. The molecule has 3 unspecified atom stereocenters. The van der Waals surface area contributed by atoms with Crippen molar-refractivity contribution in [3.63, 3.8) is 0 Å². The number of aromatic nitrogens is 1. The van der Waals surface area contributed by atoms with Gasteiger partial charge in [-0.1, -0.05) is 13.3 Å². The fourth-order valence-corrected chi connectivity index (χ4v) is 5.81. The molecule has 4 aliphatic rings. The molecule has 122 valence electrons. The second-order valence-corrected chi connectivity index (χ2v) is 7.78. The van der Waals surface area contributed by atoms with Gasteiger partial charge in [-0.2, -0.15) is 0 Å². The maximum absolute atomic E-state index is 5.42. The smallest absolute Gasteiger partial charge is 0.120 e. The van der Waals surface area contributed by atoms with Gasteiger partial charge >= 0.3 is 0 Å². The molecule has 5 atom stereocenters. The minimum atomic E-state index is 0.711. The summed E-state index contributed by atoms with van der Waals surface area (Å²) < 4.78 is 5.42. The first-order valence-electron chi connectivity index (χ1n) is 9.21. The fourth-order valence-electron chi connectivity index (χ4n) is 5.81. The number of nitrogens with one attached hydrogen (secondary N) is 1. The molecule has 0 amide bonds. The first-order chi connectivity index (χ1) is 11.3. The summed E-state index contributed by atoms with van der Waals surface area (Å²) in [5, 5.41) is 1.42. The first-order valence-corrected chi connectivity index (χ1v) is 9.21. The lowest BCUT2D eigenvalue weighted by Crippen LogP contribution is -2.56. The Bertz CT molecular complexity index is 749. The number of benzene rings is 1. The summed E-state index contributed by atoms with van der Waals surface area (Å²) in [5.41, 5.74) is 4.39. The van der Waals surface area contributed by atoms with Gasteiger partial charge in [-0.05, 0) is 48.8 Å². The van der Waals surface area contributed by atoms with Gasteiger partial charge in [-0.3, -0.25) is 4.90 Å². The SMILES string of the molecule is CCC1CC2C[C@H]3c4[nH]c5cc(OC)ccc5c4CCN(C2)[C@@H]13. The lowest BCUT2D eigenvalue weighted by atomic mass is 9.65. The molecule has 23 heavy (non-hydrogen) atoms. The molecule has 0 radical (unpaired) electrons. The normalized spacial score (nSPS) is 35.1. The van der Waals surface area contributed by atoms with Crippen LogP contribution in [0.25, 0.3) is 10.9 Å². The molecule has 1 saturated carbocycles. The zero-order chi connectivity index (χ0) is 15.6. The van der Waals surface area contributed by atoms with Crippen molar-refractivity contribution >= 4 is 10.9 Å². The van der Waals surface area contributed by atoms with Crippen LogP contribution in [0.5, 0.6) is 5.75 Å². The molecule has 2 saturated heterocycles. The number of ether oxygens (including phenoxy) is 1. The number of piperidine rings is 2. The lowest BCUT2D eigenvalue weighted by molar-refractivity contribution is -0.0134. The van der Waals surface area contributed by atoms with Crippen LogP contribution in [-0.2, 0) is 6.42 Å². The fraction of sp³-hybridized carbons (Fsp3) is 0.600. The summed E-state index contributed by atoms with van der Waals surface area (Å²) in [7, 11) is 1.75. The monoisotopic (exact) mass is 310 g/mol. The summed E-state index contributed by atoms with van der Waals surface area (Å²) in [6.45, 7) is 4.96. The van der Waals surface area contributed by atoms with Crippen LogP contribution in [0, 0.1) is 11.8 Å². The molecule has 3 nitrogen and oxygen atoms in total. The number of aromatic amines is 1. The summed E-state index contributed by atoms with van der Waals surface area (Å²) in [6, 6.07) is 7.29. The van der Waals surface area contributed by atoms with Crippen LogP contribution in [0.1, 0.15) is 43.4 Å². The summed E-state index contributed by atoms with van der Waals surface area (Å²) >= 11 is 0. The Morgan fingerprint density at radius 2 is 2.22 bits per heavy atom. The van der Waals surface area contributed by atoms with Crippen LogP contribution in [0.4, 0.5) is 0 Å². The number of H-pyrrole nitrogens is 1. The maximum atomic E-state index is 5.42. The molecule has 3 heteroatoms. The quantitative estimate of drug-likeness (QED) is 0.910. The average Bonchev–Trinajstić information content (AvgIpc) is 2.92. The highest BCUT2D eigenvalue weighted by molar-refractivity contribution is 5.86. The van der Waals surface area contributed by atoms with Crippen molar-refractivity contribution < 1.29 is 4.74 Å². The highest BCUT2D eigenvalue weighted by Gasteiger charge is 2.48. The predicted molar refractivity (Wildman–Crippen MR) is 93.2 cm³/mol. The Morgan fingerprint density at radius 3 is 3.04 bits per heavy atom. The Balaban J connectivity index is 1.66. The third kappa shape index (κ3) is 1.92. The van der Waals surface area contributed by atoms with Gasteiger partial charge in [0, 0.05) is 47.7 Å². The topological polar surface area (TPSA) is 28.3 Å². The highest BCUT2D eigenvalue weighted by Crippen LogP contribution is 2.51. The van der Waals surface area contributed by atoms with E-state index in [2.05, 4.69) is 35.0 Å². The van der Waals surface area contributed by atoms with Crippen molar-refractivity contribution in [1.29, 1.82) is 0 Å². The summed E-state index contributed by atoms with van der Waals surface area (Å²) in [4.78, 5) is 6.63. The third-order valence-electron chi connectivity index (χ3n) is 6.72. The Labute approximate surface area is 138 Å². The van der Waals surface area contributed by atoms with E-state index in [-0.39, 0.29) is 0 Å². The molecule has 1 aliphatic carbocycles. The average molecular weight is 310 g/mol. The summed E-state index contributed by atoms with van der Waals surface area (Å²) in [6.07, 6.45) is 5.36. The van der Waals surface area contributed by atoms with E-state index < -0.39 is 0 Å². The Hall–Kier alpha value is -1.48. The molecule has 1 aromatic heterocycles. The van der Waals surface area contributed by atoms with Gasteiger partial charge in [0.1, 0.15) is 5.75 Å². The standard InChI is InChI=1S/C20H26N2O/c1-3-13-8-12-9-17-19-16(6-7-22(11-12)20(13)17)15-5-4-14(23-2)10-18(15)21-19/h4-5,10,12-13,17,20-21H,3,6-9,11H2,1-2H3/t12?,13?,17-,20-/m0/s1. The second-order valence-electron chi connectivity index (χ2n) is 7.78. The number of hydrogen-bond donors (Lipinski definition) is 1. The minimum absolute atomic E-state index is 0.711. The molecule has 1 N–H and O–H groups in total. The molecule has 3 fully saturated rings. The van der Waals surface area contributed by atoms with Gasteiger partial charge in [0.2, 0.25) is 0 Å². The van der Waals surface area contributed by atoms with Crippen molar-refractivity contribution in [3.05, 3.63) is 29.5 Å². The molecule has 6 rings (SSSR count). The van der Waals surface area contributed by atoms with Crippen LogP contribution >= 0.6 is 0 Å². The van der Waals surface area contributed by atoms with Gasteiger partial charge in [-0.25, -0.2) is 0 Å². The summed E-state index contributed by atoms with van der Waals surface area (Å²) in [5.74, 6) is 3.46. The van der Waals surface area contributed by atoms with Crippen LogP contribution in [0.2, 0.25) is 0 Å². The zero-order valence-corrected chi connectivity index (χ0v) is 14.1. The van der Waals surface area contributed by atoms with Crippen LogP contribution in [-0.4, -0.2) is 36.1 Å². The van der Waals surface area contributed by atoms with Gasteiger partial charge in [0.15, 0.2) is 0 Å². The molecule has 3 aliphatic heterocycles. The van der Waals surface area contributed by atoms with Crippen LogP contribution in [0.3, 0.4) is 0 Å². The number of rotatable bonds is 2. The van der Waals surface area contributed by atoms with Crippen molar-refractivity contribution in [2.45, 2.75) is 44.6 Å². The zero-order valence-electron chi connectivity index (χ0n) is 14.1. The molecular weight excluding hydrogens is 284 g/mol. The molecule has 0 spiro atoms. The van der Waals surface area contributed by atoms with Crippen molar-refractivity contribution in [2.75, 3.05) is 20.2 Å². The first kappa shape index (κ1) is 13.9. The van der Waals surface area contributed by atoms with Crippen LogP contribution in [0.15, 0.2) is 18.2 Å². The third-order valence-corrected chi connectivity index (χ3v) is 6.72. The van der Waals surface area contributed by atoms with E-state index in [1.807, 2.05) is 0 Å². The number of hydrogen-bond acceptors (Lipinski definition) is 2. The van der Waals surface area contributed by atoms with E-state index in [0.29, 0.717) is 5.92 Å². The van der Waals surface area contributed by atoms with E-state index in [9.17, 15) is 0 Å². The van der Waals surface area contributed by atoms with Gasteiger partial charge in [0.25, 0.3) is 0 Å². The largest absolute Gasteiger partial charge is 0.497 e. The molecule has 1 aromatic carbocycles. The van der Waals surface area contributed by atoms with Crippen molar-refractivity contribution in [2.24, 2.45) is 11.8 Å². The van der Waals surface area contributed by atoms with Crippen molar-refractivity contribution in [3.8, 4) is 5.75 Å². The van der Waals surface area contributed by atoms with Gasteiger partial charge in [-0.15, -0.1) is 0 Å². The van der Waals surface area contributed by atoms with E-state index >= 15 is 0 Å². The lowest BCUT2D eigenvalue weighted by Gasteiger charge is -2.53. The molecule has 4 heterocycles. The molecule has 2 aromatic rings. The van der Waals surface area contributed by atoms with Gasteiger partial charge in [0.05, 0.1) is 7.11 Å². The maximum Gasteiger partial charge on any atom is 0.120 e. The van der Waals surface area contributed by atoms with E-state index in [4.69, 9.17) is 4.74 Å². The highest BCUT2D eigenvalue weighted by atomic mass is 16.5. The minimum Gasteiger partial charge on any atom is -0.497 e. The van der Waals surface area contributed by atoms with Crippen molar-refractivity contribution in [1.82, 2.24) is 9.88 Å². The van der Waals surface area contributed by atoms with E-state index in [1.165, 1.54) is 49.7 Å². The Kier molecular flexibility index (Phi) is 3.03. The van der Waals surface area contributed by atoms with Gasteiger partial charge < -0.3 is 9.72 Å². The van der Waals surface area contributed by atoms with E-state index in [1.54, 1.807) is 18.4 Å².